The zero-order valence-electron chi connectivity index (χ0n) is 31.8. The number of fused-ring (bicyclic) bond motifs is 2. The van der Waals surface area contributed by atoms with Gasteiger partial charge in [0.2, 0.25) is 0 Å². The van der Waals surface area contributed by atoms with Gasteiger partial charge in [-0.05, 0) is 111 Å². The van der Waals surface area contributed by atoms with E-state index in [1.807, 2.05) is 20.8 Å². The molecule has 0 unspecified atom stereocenters. The molecule has 2 N–H and O–H groups in total. The number of quaternary nitrogens is 1. The molecule has 0 aromatic rings. The van der Waals surface area contributed by atoms with E-state index in [-0.39, 0.29) is 17.8 Å². The highest BCUT2D eigenvalue weighted by Gasteiger charge is 2.78. The topological polar surface area (TPSA) is 119 Å². The second-order valence-corrected chi connectivity index (χ2v) is 16.3. The molecule has 2 rings (SSSR count). The van der Waals surface area contributed by atoms with Gasteiger partial charge in [0, 0.05) is 17.8 Å². The van der Waals surface area contributed by atoms with Crippen LogP contribution in [0.25, 0.3) is 0 Å². The Balaban J connectivity index is 0.000000738. The van der Waals surface area contributed by atoms with Crippen molar-refractivity contribution < 1.29 is 70.0 Å². The van der Waals surface area contributed by atoms with Crippen LogP contribution in [0.3, 0.4) is 0 Å². The summed E-state index contributed by atoms with van der Waals surface area (Å²) in [6.07, 6.45) is -5.93. The third kappa shape index (κ3) is 11.6. The van der Waals surface area contributed by atoms with Gasteiger partial charge in [-0.15, -0.1) is 0 Å². The number of carbonyl (C=O) groups excluding carboxylic acids is 2. The highest BCUT2D eigenvalue weighted by atomic mass is 32.2. The average molecular weight is 758 g/mol. The van der Waals surface area contributed by atoms with E-state index in [2.05, 4.69) is 41.8 Å². The van der Waals surface area contributed by atoms with Crippen molar-refractivity contribution in [1.82, 2.24) is 0 Å². The number of aliphatic hydroxyl groups is 1. The number of ether oxygens (including phenoxy) is 2. The highest BCUT2D eigenvalue weighted by Crippen LogP contribution is 2.66. The van der Waals surface area contributed by atoms with Crippen LogP contribution in [0, 0.1) is 27.6 Å². The van der Waals surface area contributed by atoms with E-state index < -0.39 is 34.9 Å². The van der Waals surface area contributed by atoms with E-state index in [0.29, 0.717) is 31.3 Å². The van der Waals surface area contributed by atoms with Gasteiger partial charge >= 0.3 is 24.3 Å². The average Bonchev–Trinajstić information content (AvgIpc) is 3.40. The van der Waals surface area contributed by atoms with E-state index in [4.69, 9.17) is 4.74 Å². The quantitative estimate of drug-likeness (QED) is 0.0478. The molecule has 0 heterocycles. The number of likely N-dealkylation sites (N-methyl/N-ethyl adjacent to an activating group) is 1. The first-order valence-corrected chi connectivity index (χ1v) is 18.1. The lowest BCUT2D eigenvalue weighted by molar-refractivity contribution is -0.896. The molecule has 2 fully saturated rings. The van der Waals surface area contributed by atoms with Gasteiger partial charge in [-0.2, -0.15) is 30.7 Å². The van der Waals surface area contributed by atoms with Crippen molar-refractivity contribution in [3.05, 3.63) is 0 Å². The summed E-state index contributed by atoms with van der Waals surface area (Å²) in [4.78, 5) is 24.8. The van der Waals surface area contributed by atoms with Gasteiger partial charge in [-0.25, -0.2) is 0 Å². The molecular formula is C34H61F6NO8S. The van der Waals surface area contributed by atoms with Crippen molar-refractivity contribution in [2.24, 2.45) is 27.6 Å². The lowest BCUT2D eigenvalue weighted by atomic mass is 9.71. The number of hydrogen-bond donors (Lipinski definition) is 2. The smallest absolute Gasteiger partial charge is 0.430 e. The number of nitrogens with one attached hydrogen (secondary N) is 1. The Morgan fingerprint density at radius 3 is 1.62 bits per heavy atom. The summed E-state index contributed by atoms with van der Waals surface area (Å²) >= 11 is 1.17. The fraction of sp³-hybridized carbons (Fsp3) is 0.941. The van der Waals surface area contributed by atoms with Gasteiger partial charge in [-0.3, -0.25) is 14.6 Å². The summed E-state index contributed by atoms with van der Waals surface area (Å²) < 4.78 is 90.6. The van der Waals surface area contributed by atoms with Gasteiger partial charge in [0.05, 0.1) is 23.9 Å². The maximum absolute atomic E-state index is 12.8. The Labute approximate surface area is 298 Å². The SMILES string of the molecule is CC1(C)C2CCC1(CSOO[O-])CC2.CCC(C)(C)C(=O)OC(C)(C)C(O)(C(F)(F)F)C(F)(F)F.CC[NH+](CC)CCOC(=O)C(C)(C)CC. The maximum Gasteiger partial charge on any atom is 0.430 e. The van der Waals surface area contributed by atoms with Crippen LogP contribution in [0.15, 0.2) is 0 Å². The van der Waals surface area contributed by atoms with Gasteiger partial charge in [0.15, 0.2) is 5.60 Å². The standard InChI is InChI=1S/C12H18F6O3.C12H25NO2.C10H18O3S/c1-6-8(2,3)7(19)21-9(4,5)10(20,11(13,14)15)12(16,17)18;1-6-12(4,5)11(14)15-10-9-13(7-2)8-3;1-9(2)8-3-5-10(9,6-4-8)7-14-13-12-11/h20H,6H2,1-5H3;6-10H2,1-5H3;8,11H,3-7H2,1-2H3. The number of alkyl halides is 6. The molecule has 0 saturated heterocycles. The van der Waals surface area contributed by atoms with Crippen LogP contribution in [0.5, 0.6) is 0 Å². The Bertz CT molecular complexity index is 1040. The van der Waals surface area contributed by atoms with Crippen molar-refractivity contribution in [3.63, 3.8) is 0 Å². The Morgan fingerprint density at radius 2 is 1.28 bits per heavy atom. The monoisotopic (exact) mass is 757 g/mol. The predicted octanol–water partition coefficient (Wildman–Crippen LogP) is 6.57. The third-order valence-corrected chi connectivity index (χ3v) is 12.2. The van der Waals surface area contributed by atoms with Crippen molar-refractivity contribution in [2.75, 3.05) is 32.0 Å². The van der Waals surface area contributed by atoms with Gasteiger partial charge in [-0.1, -0.05) is 27.7 Å². The molecule has 2 aliphatic rings. The third-order valence-electron chi connectivity index (χ3n) is 11.3. The van der Waals surface area contributed by atoms with Crippen molar-refractivity contribution in [1.29, 1.82) is 0 Å². The lowest BCUT2D eigenvalue weighted by Crippen LogP contribution is -3.11. The van der Waals surface area contributed by atoms with Gasteiger partial charge in [0.1, 0.15) is 13.2 Å². The fourth-order valence-corrected chi connectivity index (χ4v) is 7.09. The normalized spacial score (nSPS) is 20.9. The van der Waals surface area contributed by atoms with E-state index in [1.165, 1.54) is 63.4 Å². The summed E-state index contributed by atoms with van der Waals surface area (Å²) in [6, 6.07) is 0. The number of carbonyl (C=O) groups is 2. The zero-order chi connectivity index (χ0) is 39.6. The first-order chi connectivity index (χ1) is 22.5. The molecule has 0 spiro atoms. The Kier molecular flexibility index (Phi) is 18.1. The van der Waals surface area contributed by atoms with Crippen LogP contribution >= 0.6 is 12.0 Å². The molecule has 0 amide bonds. The summed E-state index contributed by atoms with van der Waals surface area (Å²) in [5.74, 6) is 0.424. The summed E-state index contributed by atoms with van der Waals surface area (Å²) in [7, 11) is 0. The van der Waals surface area contributed by atoms with Crippen LogP contribution in [-0.4, -0.2) is 72.6 Å². The molecule has 2 aliphatic carbocycles. The van der Waals surface area contributed by atoms with Crippen LogP contribution in [0.2, 0.25) is 0 Å². The molecular weight excluding hydrogens is 696 g/mol. The minimum Gasteiger partial charge on any atom is -0.691 e. The first kappa shape index (κ1) is 48.7. The fourth-order valence-electron chi connectivity index (χ4n) is 6.12. The van der Waals surface area contributed by atoms with Crippen LogP contribution in [0.1, 0.15) is 122 Å². The van der Waals surface area contributed by atoms with E-state index >= 15 is 0 Å². The minimum absolute atomic E-state index is 0.0726. The molecule has 0 aromatic carbocycles. The Morgan fingerprint density at radius 1 is 0.840 bits per heavy atom. The number of esters is 2. The number of halogens is 6. The highest BCUT2D eigenvalue weighted by molar-refractivity contribution is 7.94. The molecule has 2 bridgehead atoms. The minimum atomic E-state index is -6.06. The molecule has 9 nitrogen and oxygen atoms in total. The molecule has 50 heavy (non-hydrogen) atoms. The van der Waals surface area contributed by atoms with E-state index in [1.54, 1.807) is 0 Å². The van der Waals surface area contributed by atoms with Crippen molar-refractivity contribution in [3.8, 4) is 0 Å². The summed E-state index contributed by atoms with van der Waals surface area (Å²) in [6.45, 7) is 23.4. The summed E-state index contributed by atoms with van der Waals surface area (Å²) in [5, 5.41) is 22.4. The summed E-state index contributed by atoms with van der Waals surface area (Å²) in [5.41, 5.74) is -9.25. The van der Waals surface area contributed by atoms with Crippen LogP contribution < -0.4 is 10.2 Å². The number of hydrogen-bond acceptors (Lipinski definition) is 9. The lowest BCUT2D eigenvalue weighted by Gasteiger charge is -2.44. The molecule has 0 aliphatic heterocycles. The molecule has 2 saturated carbocycles. The van der Waals surface area contributed by atoms with Gasteiger partial charge < -0.3 is 24.7 Å². The van der Waals surface area contributed by atoms with Crippen molar-refractivity contribution in [2.45, 2.75) is 145 Å². The second kappa shape index (κ2) is 18.6. The predicted molar refractivity (Wildman–Crippen MR) is 176 cm³/mol. The zero-order valence-corrected chi connectivity index (χ0v) is 32.7. The molecule has 0 aromatic heterocycles. The first-order valence-electron chi connectivity index (χ1n) is 17.2. The molecule has 0 radical (unpaired) electrons. The second-order valence-electron chi connectivity index (χ2n) is 15.6. The molecule has 298 valence electrons. The van der Waals surface area contributed by atoms with E-state index in [9.17, 15) is 46.3 Å². The molecule has 0 atom stereocenters. The van der Waals surface area contributed by atoms with Crippen LogP contribution in [0.4, 0.5) is 26.3 Å². The maximum atomic E-state index is 12.8. The molecule has 16 heteroatoms. The van der Waals surface area contributed by atoms with E-state index in [0.717, 1.165) is 37.7 Å². The van der Waals surface area contributed by atoms with Crippen LogP contribution in [-0.2, 0) is 28.4 Å². The Hall–Kier alpha value is -1.33. The van der Waals surface area contributed by atoms with Gasteiger partial charge in [0.25, 0.3) is 5.60 Å². The number of rotatable bonds is 15. The van der Waals surface area contributed by atoms with Crippen molar-refractivity contribution >= 4 is 24.0 Å². The largest absolute Gasteiger partial charge is 0.691 e.